The topological polar surface area (TPSA) is 84.9 Å². The first-order valence-electron chi connectivity index (χ1n) is 8.45. The number of hydrogen-bond acceptors (Lipinski definition) is 5. The number of carbonyl (C=O) groups excluding carboxylic acids is 1. The zero-order valence-electron chi connectivity index (χ0n) is 15.9. The normalized spacial score (nSPS) is 11.0. The van der Waals surface area contributed by atoms with Crippen LogP contribution >= 0.6 is 11.6 Å². The second-order valence-corrected chi connectivity index (χ2v) is 8.35. The Balaban J connectivity index is 2.00. The molecule has 2 aromatic carbocycles. The van der Waals surface area contributed by atoms with Crippen molar-refractivity contribution in [3.05, 3.63) is 53.1 Å². The number of rotatable bonds is 9. The van der Waals surface area contributed by atoms with Crippen LogP contribution < -0.4 is 19.1 Å². The first kappa shape index (κ1) is 21.8. The summed E-state index contributed by atoms with van der Waals surface area (Å²) < 4.78 is 35.5. The molecule has 0 aliphatic rings. The molecule has 28 heavy (non-hydrogen) atoms. The van der Waals surface area contributed by atoms with Gasteiger partial charge >= 0.3 is 0 Å². The Kier molecular flexibility index (Phi) is 7.53. The quantitative estimate of drug-likeness (QED) is 0.665. The predicted molar refractivity (Wildman–Crippen MR) is 110 cm³/mol. The van der Waals surface area contributed by atoms with Crippen LogP contribution in [0, 0.1) is 0 Å². The summed E-state index contributed by atoms with van der Waals surface area (Å²) in [6.07, 6.45) is 1.65. The highest BCUT2D eigenvalue weighted by Gasteiger charge is 2.21. The summed E-state index contributed by atoms with van der Waals surface area (Å²) in [6.45, 7) is 0.0379. The molecular formula is C19H23ClN2O5S. The van der Waals surface area contributed by atoms with Gasteiger partial charge in [-0.2, -0.15) is 0 Å². The molecule has 0 aliphatic heterocycles. The zero-order chi connectivity index (χ0) is 20.7. The van der Waals surface area contributed by atoms with E-state index in [4.69, 9.17) is 21.1 Å². The summed E-state index contributed by atoms with van der Waals surface area (Å²) in [6, 6.07) is 12.0. The Bertz CT molecular complexity index is 916. The van der Waals surface area contributed by atoms with Crippen LogP contribution in [0.5, 0.6) is 11.5 Å². The van der Waals surface area contributed by atoms with E-state index in [-0.39, 0.29) is 11.6 Å². The van der Waals surface area contributed by atoms with E-state index >= 15 is 0 Å². The summed E-state index contributed by atoms with van der Waals surface area (Å²) in [5, 5.41) is 2.99. The second kappa shape index (κ2) is 9.66. The average molecular weight is 427 g/mol. The Labute approximate surface area is 170 Å². The monoisotopic (exact) mass is 426 g/mol. The summed E-state index contributed by atoms with van der Waals surface area (Å²) in [7, 11) is -0.615. The first-order chi connectivity index (χ1) is 13.2. The number of halogens is 1. The van der Waals surface area contributed by atoms with E-state index in [0.717, 1.165) is 21.9 Å². The van der Waals surface area contributed by atoms with Crippen molar-refractivity contribution < 1.29 is 22.7 Å². The van der Waals surface area contributed by atoms with Gasteiger partial charge in [0, 0.05) is 6.54 Å². The van der Waals surface area contributed by atoms with Crippen molar-refractivity contribution >= 4 is 33.2 Å². The van der Waals surface area contributed by atoms with Crippen molar-refractivity contribution in [1.29, 1.82) is 0 Å². The molecule has 0 aromatic heterocycles. The number of ether oxygens (including phenoxy) is 2. The van der Waals surface area contributed by atoms with Gasteiger partial charge in [-0.05, 0) is 42.3 Å². The van der Waals surface area contributed by atoms with E-state index < -0.39 is 15.9 Å². The Morgan fingerprint density at radius 1 is 1.11 bits per heavy atom. The molecule has 2 aromatic rings. The molecule has 0 fully saturated rings. The lowest BCUT2D eigenvalue weighted by molar-refractivity contribution is -0.119. The molecule has 0 saturated heterocycles. The minimum absolute atomic E-state index is 0.258. The second-order valence-electron chi connectivity index (χ2n) is 6.04. The van der Waals surface area contributed by atoms with Gasteiger partial charge in [-0.25, -0.2) is 8.42 Å². The lowest BCUT2D eigenvalue weighted by atomic mass is 10.1. The molecule has 0 saturated carbocycles. The van der Waals surface area contributed by atoms with E-state index in [0.29, 0.717) is 24.4 Å². The van der Waals surface area contributed by atoms with Crippen molar-refractivity contribution in [1.82, 2.24) is 5.32 Å². The molecule has 0 radical (unpaired) electrons. The van der Waals surface area contributed by atoms with E-state index in [1.54, 1.807) is 13.2 Å². The van der Waals surface area contributed by atoms with Crippen LogP contribution in [-0.2, 0) is 21.2 Å². The largest absolute Gasteiger partial charge is 0.497 e. The first-order valence-corrected chi connectivity index (χ1v) is 10.7. The maximum atomic E-state index is 12.3. The minimum atomic E-state index is -3.68. The molecule has 0 spiro atoms. The number of amides is 1. The molecule has 0 unspecified atom stereocenters. The highest BCUT2D eigenvalue weighted by molar-refractivity contribution is 7.92. The highest BCUT2D eigenvalue weighted by Crippen LogP contribution is 2.30. The van der Waals surface area contributed by atoms with Crippen LogP contribution in [0.1, 0.15) is 5.56 Å². The third kappa shape index (κ3) is 6.03. The van der Waals surface area contributed by atoms with Crippen molar-refractivity contribution in [3.8, 4) is 11.5 Å². The number of anilines is 1. The average Bonchev–Trinajstić information content (AvgIpc) is 2.65. The van der Waals surface area contributed by atoms with Crippen molar-refractivity contribution in [2.45, 2.75) is 6.42 Å². The number of benzene rings is 2. The maximum Gasteiger partial charge on any atom is 0.240 e. The molecule has 0 aliphatic carbocycles. The van der Waals surface area contributed by atoms with Gasteiger partial charge in [0.2, 0.25) is 15.9 Å². The SMILES string of the molecule is COc1ccc(CCNC(=O)CN(c2ccc(OC)c(Cl)c2)S(C)(=O)=O)cc1. The summed E-state index contributed by atoms with van der Waals surface area (Å²) in [4.78, 5) is 12.3. The molecule has 152 valence electrons. The molecule has 9 heteroatoms. The van der Waals surface area contributed by atoms with Crippen LogP contribution in [-0.4, -0.2) is 47.9 Å². The Hall–Kier alpha value is -2.45. The number of carbonyl (C=O) groups is 1. The zero-order valence-corrected chi connectivity index (χ0v) is 17.5. The van der Waals surface area contributed by atoms with E-state index in [2.05, 4.69) is 5.32 Å². The fraction of sp³-hybridized carbons (Fsp3) is 0.316. The highest BCUT2D eigenvalue weighted by atomic mass is 35.5. The van der Waals surface area contributed by atoms with Crippen LogP contribution in [0.25, 0.3) is 0 Å². The van der Waals surface area contributed by atoms with Gasteiger partial charge in [0.1, 0.15) is 18.0 Å². The van der Waals surface area contributed by atoms with Gasteiger partial charge in [0.25, 0.3) is 0 Å². The summed E-state index contributed by atoms with van der Waals surface area (Å²) >= 11 is 6.08. The fourth-order valence-electron chi connectivity index (χ4n) is 2.54. The number of nitrogens with zero attached hydrogens (tertiary/aromatic N) is 1. The van der Waals surface area contributed by atoms with Gasteiger partial charge in [0.05, 0.1) is 31.2 Å². The molecular weight excluding hydrogens is 404 g/mol. The van der Waals surface area contributed by atoms with Gasteiger partial charge in [-0.3, -0.25) is 9.10 Å². The van der Waals surface area contributed by atoms with Crippen molar-refractivity contribution in [3.63, 3.8) is 0 Å². The number of nitrogens with one attached hydrogen (secondary N) is 1. The third-order valence-corrected chi connectivity index (χ3v) is 5.44. The molecule has 7 nitrogen and oxygen atoms in total. The maximum absolute atomic E-state index is 12.3. The molecule has 1 N–H and O–H groups in total. The van der Waals surface area contributed by atoms with E-state index in [9.17, 15) is 13.2 Å². The minimum Gasteiger partial charge on any atom is -0.497 e. The van der Waals surface area contributed by atoms with Crippen LogP contribution in [0.15, 0.2) is 42.5 Å². The smallest absolute Gasteiger partial charge is 0.240 e. The molecule has 0 atom stereocenters. The lowest BCUT2D eigenvalue weighted by Crippen LogP contribution is -2.40. The van der Waals surface area contributed by atoms with Gasteiger partial charge in [0.15, 0.2) is 0 Å². The summed E-state index contributed by atoms with van der Waals surface area (Å²) in [5.41, 5.74) is 1.32. The standard InChI is InChI=1S/C19H23ClN2O5S/c1-26-16-7-4-14(5-8-16)10-11-21-19(23)13-22(28(3,24)25)15-6-9-18(27-2)17(20)12-15/h4-9,12H,10-11,13H2,1-3H3,(H,21,23). The number of hydrogen-bond donors (Lipinski definition) is 1. The van der Waals surface area contributed by atoms with Crippen LogP contribution in [0.2, 0.25) is 5.02 Å². The molecule has 2 rings (SSSR count). The van der Waals surface area contributed by atoms with Crippen molar-refractivity contribution in [2.24, 2.45) is 0 Å². The molecule has 0 heterocycles. The number of sulfonamides is 1. The van der Waals surface area contributed by atoms with E-state index in [1.807, 2.05) is 24.3 Å². The molecule has 1 amide bonds. The number of methoxy groups -OCH3 is 2. The third-order valence-electron chi connectivity index (χ3n) is 4.01. The molecule has 0 bridgehead atoms. The van der Waals surface area contributed by atoms with Gasteiger partial charge < -0.3 is 14.8 Å². The predicted octanol–water partition coefficient (Wildman–Crippen LogP) is 2.48. The van der Waals surface area contributed by atoms with Crippen LogP contribution in [0.3, 0.4) is 0 Å². The Morgan fingerprint density at radius 2 is 1.79 bits per heavy atom. The summed E-state index contributed by atoms with van der Waals surface area (Å²) in [5.74, 6) is 0.767. The van der Waals surface area contributed by atoms with Crippen LogP contribution in [0.4, 0.5) is 5.69 Å². The van der Waals surface area contributed by atoms with E-state index in [1.165, 1.54) is 19.2 Å². The Morgan fingerprint density at radius 3 is 2.32 bits per heavy atom. The lowest BCUT2D eigenvalue weighted by Gasteiger charge is -2.22. The fourth-order valence-corrected chi connectivity index (χ4v) is 3.64. The van der Waals surface area contributed by atoms with Gasteiger partial charge in [-0.15, -0.1) is 0 Å². The van der Waals surface area contributed by atoms with Gasteiger partial charge in [-0.1, -0.05) is 23.7 Å². The van der Waals surface area contributed by atoms with Crippen molar-refractivity contribution in [2.75, 3.05) is 37.9 Å².